The number of benzene rings is 2. The van der Waals surface area contributed by atoms with Crippen LogP contribution in [0.15, 0.2) is 90.7 Å². The van der Waals surface area contributed by atoms with Gasteiger partial charge in [-0.1, -0.05) is 62.8 Å². The van der Waals surface area contributed by atoms with Gasteiger partial charge in [-0.15, -0.1) is 0 Å². The van der Waals surface area contributed by atoms with Crippen molar-refractivity contribution in [3.05, 3.63) is 91.2 Å². The number of aliphatic imine (C=N–C) groups is 1. The van der Waals surface area contributed by atoms with E-state index in [2.05, 4.69) is 54.1 Å². The van der Waals surface area contributed by atoms with E-state index in [-0.39, 0.29) is 5.54 Å². The van der Waals surface area contributed by atoms with Gasteiger partial charge in [0.2, 0.25) is 0 Å². The maximum atomic E-state index is 5.89. The van der Waals surface area contributed by atoms with Gasteiger partial charge in [-0.25, -0.2) is 0 Å². The summed E-state index contributed by atoms with van der Waals surface area (Å²) in [5.74, 6) is 2.49. The number of hydrogen-bond donors (Lipinski definition) is 2. The van der Waals surface area contributed by atoms with E-state index in [9.17, 15) is 0 Å². The van der Waals surface area contributed by atoms with Gasteiger partial charge in [0.25, 0.3) is 0 Å². The van der Waals surface area contributed by atoms with Gasteiger partial charge in [0.15, 0.2) is 0 Å². The van der Waals surface area contributed by atoms with E-state index in [0.29, 0.717) is 12.3 Å². The van der Waals surface area contributed by atoms with Crippen LogP contribution >= 0.6 is 0 Å². The third kappa shape index (κ3) is 4.33. The number of anilines is 2. The Labute approximate surface area is 179 Å². The maximum absolute atomic E-state index is 5.89. The number of fused-ring (bicyclic) bond motifs is 1. The molecule has 4 heteroatoms. The zero-order valence-electron chi connectivity index (χ0n) is 17.4. The van der Waals surface area contributed by atoms with Crippen molar-refractivity contribution in [1.29, 1.82) is 0 Å². The molecule has 1 fully saturated rings. The number of amidine groups is 1. The first-order valence-corrected chi connectivity index (χ1v) is 10.6. The summed E-state index contributed by atoms with van der Waals surface area (Å²) in [6, 6.07) is 16.4. The average molecular weight is 400 g/mol. The Bertz CT molecular complexity index is 983. The minimum atomic E-state index is -0.0938. The zero-order valence-corrected chi connectivity index (χ0v) is 17.4. The average Bonchev–Trinajstić information content (AvgIpc) is 2.78. The van der Waals surface area contributed by atoms with E-state index >= 15 is 0 Å². The standard InChI is InChI=1S/C26H29N3O/c1-3-11-21(4-2)30-22-13-10-12-20(18-22)19-27-25-26(16-8-5-9-17-26)29-24-15-7-6-14-23(24)28-25/h3-4,6-7,10-15,18,29H,1-2,5,8-9,16-17,19H2,(H,27,28)/b21-11+. The topological polar surface area (TPSA) is 45.6 Å². The zero-order chi connectivity index (χ0) is 20.8. The molecule has 0 unspecified atom stereocenters. The Morgan fingerprint density at radius 1 is 1.03 bits per heavy atom. The van der Waals surface area contributed by atoms with Crippen LogP contribution < -0.4 is 15.4 Å². The Balaban J connectivity index is 1.57. The van der Waals surface area contributed by atoms with Gasteiger partial charge in [-0.05, 0) is 54.8 Å². The van der Waals surface area contributed by atoms with Crippen LogP contribution in [0.25, 0.3) is 0 Å². The maximum Gasteiger partial charge on any atom is 0.127 e. The molecular weight excluding hydrogens is 370 g/mol. The van der Waals surface area contributed by atoms with Crippen molar-refractivity contribution < 1.29 is 4.74 Å². The van der Waals surface area contributed by atoms with Crippen LogP contribution in [0.3, 0.4) is 0 Å². The van der Waals surface area contributed by atoms with Gasteiger partial charge in [0.05, 0.1) is 23.5 Å². The molecule has 0 radical (unpaired) electrons. The van der Waals surface area contributed by atoms with Crippen molar-refractivity contribution in [3.8, 4) is 5.75 Å². The number of para-hydroxylation sites is 2. The van der Waals surface area contributed by atoms with Gasteiger partial charge in [-0.3, -0.25) is 4.99 Å². The summed E-state index contributed by atoms with van der Waals surface area (Å²) in [4.78, 5) is 5.04. The van der Waals surface area contributed by atoms with Crippen molar-refractivity contribution in [2.75, 3.05) is 10.6 Å². The number of allylic oxidation sites excluding steroid dienone is 3. The smallest absolute Gasteiger partial charge is 0.127 e. The second-order valence-electron chi connectivity index (χ2n) is 7.86. The summed E-state index contributed by atoms with van der Waals surface area (Å²) >= 11 is 0. The molecule has 0 atom stereocenters. The molecule has 2 N–H and O–H groups in total. The molecular formula is C26H29N3O. The molecule has 1 saturated carbocycles. The van der Waals surface area contributed by atoms with Crippen molar-refractivity contribution in [2.24, 2.45) is 4.99 Å². The van der Waals surface area contributed by atoms with E-state index in [1.807, 2.05) is 18.2 Å². The third-order valence-electron chi connectivity index (χ3n) is 5.75. The molecule has 30 heavy (non-hydrogen) atoms. The van der Waals surface area contributed by atoms with Crippen LogP contribution in [0.2, 0.25) is 0 Å². The van der Waals surface area contributed by atoms with Crippen molar-refractivity contribution >= 4 is 17.2 Å². The van der Waals surface area contributed by atoms with Crippen molar-refractivity contribution in [3.63, 3.8) is 0 Å². The summed E-state index contributed by atoms with van der Waals surface area (Å²) in [6.07, 6.45) is 11.1. The van der Waals surface area contributed by atoms with Crippen LogP contribution in [-0.4, -0.2) is 11.4 Å². The Kier molecular flexibility index (Phi) is 6.03. The minimum Gasteiger partial charge on any atom is -0.457 e. The highest BCUT2D eigenvalue weighted by molar-refractivity contribution is 6.09. The first-order chi connectivity index (χ1) is 14.7. The largest absolute Gasteiger partial charge is 0.457 e. The lowest BCUT2D eigenvalue weighted by molar-refractivity contribution is 0.403. The Hall–Kier alpha value is -3.27. The molecule has 0 bridgehead atoms. The summed E-state index contributed by atoms with van der Waals surface area (Å²) in [6.45, 7) is 8.09. The van der Waals surface area contributed by atoms with E-state index in [1.165, 1.54) is 24.9 Å². The monoisotopic (exact) mass is 399 g/mol. The second-order valence-corrected chi connectivity index (χ2v) is 7.86. The third-order valence-corrected chi connectivity index (χ3v) is 5.75. The summed E-state index contributed by atoms with van der Waals surface area (Å²) in [5.41, 5.74) is 3.27. The number of nitrogens with one attached hydrogen (secondary N) is 2. The minimum absolute atomic E-state index is 0.0938. The molecule has 2 aromatic carbocycles. The van der Waals surface area contributed by atoms with Gasteiger partial charge in [0, 0.05) is 0 Å². The van der Waals surface area contributed by atoms with E-state index in [4.69, 9.17) is 9.73 Å². The number of ether oxygens (including phenoxy) is 1. The van der Waals surface area contributed by atoms with Crippen LogP contribution in [0, 0.1) is 0 Å². The van der Waals surface area contributed by atoms with Gasteiger partial charge >= 0.3 is 0 Å². The molecule has 2 aliphatic rings. The first-order valence-electron chi connectivity index (χ1n) is 10.6. The molecule has 1 aliphatic carbocycles. The fraction of sp³-hybridized carbons (Fsp3) is 0.269. The van der Waals surface area contributed by atoms with Gasteiger partial charge in [-0.2, -0.15) is 0 Å². The van der Waals surface area contributed by atoms with E-state index in [0.717, 1.165) is 35.7 Å². The SMILES string of the molecule is C=C/C=C(\C=C)Oc1cccc(CN=C2Nc3ccccc3NC23CCCCC3)c1. The predicted octanol–water partition coefficient (Wildman–Crippen LogP) is 6.46. The summed E-state index contributed by atoms with van der Waals surface area (Å²) < 4.78 is 5.89. The van der Waals surface area contributed by atoms with Crippen LogP contribution in [-0.2, 0) is 6.54 Å². The molecule has 0 aromatic heterocycles. The van der Waals surface area contributed by atoms with Gasteiger partial charge < -0.3 is 15.4 Å². The molecule has 1 aliphatic heterocycles. The quantitative estimate of drug-likeness (QED) is 0.433. The summed E-state index contributed by atoms with van der Waals surface area (Å²) in [5, 5.41) is 7.44. The van der Waals surface area contributed by atoms with Crippen LogP contribution in [0.4, 0.5) is 11.4 Å². The van der Waals surface area contributed by atoms with E-state index < -0.39 is 0 Å². The molecule has 2 aromatic rings. The van der Waals surface area contributed by atoms with Crippen molar-refractivity contribution in [2.45, 2.75) is 44.2 Å². The normalized spacial score (nSPS) is 18.8. The van der Waals surface area contributed by atoms with Crippen molar-refractivity contribution in [1.82, 2.24) is 0 Å². The highest BCUT2D eigenvalue weighted by Gasteiger charge is 2.40. The highest BCUT2D eigenvalue weighted by atomic mass is 16.5. The molecule has 0 amide bonds. The lowest BCUT2D eigenvalue weighted by Gasteiger charge is -2.44. The lowest BCUT2D eigenvalue weighted by Crippen LogP contribution is -2.53. The lowest BCUT2D eigenvalue weighted by atomic mass is 9.79. The Morgan fingerprint density at radius 3 is 2.60 bits per heavy atom. The van der Waals surface area contributed by atoms with Gasteiger partial charge in [0.1, 0.15) is 17.3 Å². The molecule has 0 saturated heterocycles. The van der Waals surface area contributed by atoms with E-state index in [1.54, 1.807) is 18.2 Å². The highest BCUT2D eigenvalue weighted by Crippen LogP contribution is 2.39. The van der Waals surface area contributed by atoms with Crippen LogP contribution in [0.5, 0.6) is 5.75 Å². The number of nitrogens with zero attached hydrogens (tertiary/aromatic N) is 1. The van der Waals surface area contributed by atoms with Crippen LogP contribution in [0.1, 0.15) is 37.7 Å². The number of hydrogen-bond acceptors (Lipinski definition) is 3. The predicted molar refractivity (Wildman–Crippen MR) is 126 cm³/mol. The summed E-state index contributed by atoms with van der Waals surface area (Å²) in [7, 11) is 0. The molecule has 154 valence electrons. The first kappa shape index (κ1) is 20.0. The number of rotatable bonds is 6. The fourth-order valence-electron chi connectivity index (χ4n) is 4.25. The fourth-order valence-corrected chi connectivity index (χ4v) is 4.25. The Morgan fingerprint density at radius 2 is 1.83 bits per heavy atom. The molecule has 1 heterocycles. The molecule has 4 rings (SSSR count). The molecule has 4 nitrogen and oxygen atoms in total. The molecule has 1 spiro atoms. The second kappa shape index (κ2) is 9.04.